The van der Waals surface area contributed by atoms with Crippen molar-refractivity contribution in [3.63, 3.8) is 0 Å². The van der Waals surface area contributed by atoms with Gasteiger partial charge in [-0.3, -0.25) is 9.59 Å². The largest absolute Gasteiger partial charge is 0.353 e. The van der Waals surface area contributed by atoms with Gasteiger partial charge in [0.25, 0.3) is 5.91 Å². The van der Waals surface area contributed by atoms with Crippen molar-refractivity contribution < 1.29 is 9.59 Å². The third kappa shape index (κ3) is 6.06. The zero-order valence-electron chi connectivity index (χ0n) is 20.7. The van der Waals surface area contributed by atoms with Crippen molar-refractivity contribution in [3.8, 4) is 11.3 Å². The van der Waals surface area contributed by atoms with Gasteiger partial charge in [-0.1, -0.05) is 42.8 Å². The van der Waals surface area contributed by atoms with Gasteiger partial charge in [0.1, 0.15) is 6.54 Å². The van der Waals surface area contributed by atoms with Crippen molar-refractivity contribution in [1.29, 1.82) is 0 Å². The smallest absolute Gasteiger partial charge is 0.264 e. The summed E-state index contributed by atoms with van der Waals surface area (Å²) in [6.45, 7) is 8.98. The van der Waals surface area contributed by atoms with Crippen molar-refractivity contribution in [3.05, 3.63) is 64.4 Å². The van der Waals surface area contributed by atoms with Crippen molar-refractivity contribution in [2.75, 3.05) is 37.6 Å². The summed E-state index contributed by atoms with van der Waals surface area (Å²) in [5.41, 5.74) is 3.11. The lowest BCUT2D eigenvalue weighted by Gasteiger charge is -2.30. The lowest BCUT2D eigenvalue weighted by atomic mass is 10.1. The summed E-state index contributed by atoms with van der Waals surface area (Å²) in [4.78, 5) is 32.7. The van der Waals surface area contributed by atoms with Gasteiger partial charge in [0.15, 0.2) is 5.82 Å². The van der Waals surface area contributed by atoms with Gasteiger partial charge in [0, 0.05) is 37.8 Å². The fourth-order valence-corrected chi connectivity index (χ4v) is 4.88. The molecule has 0 spiro atoms. The Hall–Kier alpha value is -3.26. The molecule has 0 saturated carbocycles. The van der Waals surface area contributed by atoms with Crippen LogP contribution in [0.2, 0.25) is 0 Å². The number of nitrogens with zero attached hydrogens (tertiary/aromatic N) is 5. The number of hydrogen-bond acceptors (Lipinski definition) is 6. The number of rotatable bonds is 7. The summed E-state index contributed by atoms with van der Waals surface area (Å²) < 4.78 is 0. The van der Waals surface area contributed by atoms with E-state index in [1.807, 2.05) is 48.4 Å². The molecule has 1 atom stereocenters. The van der Waals surface area contributed by atoms with Crippen LogP contribution in [-0.4, -0.2) is 70.6 Å². The molecule has 2 aromatic heterocycles. The average molecular weight is 492 g/mol. The van der Waals surface area contributed by atoms with Gasteiger partial charge in [0.05, 0.1) is 10.6 Å². The Morgan fingerprint density at radius 2 is 1.83 bits per heavy atom. The van der Waals surface area contributed by atoms with Gasteiger partial charge < -0.3 is 14.7 Å². The van der Waals surface area contributed by atoms with E-state index in [4.69, 9.17) is 0 Å². The molecule has 35 heavy (non-hydrogen) atoms. The second-order valence-corrected chi connectivity index (χ2v) is 9.98. The van der Waals surface area contributed by atoms with Crippen LogP contribution < -0.4 is 4.90 Å². The molecule has 1 fully saturated rings. The third-order valence-electron chi connectivity index (χ3n) is 6.59. The Kier molecular flexibility index (Phi) is 8.13. The molecular weight excluding hydrogens is 458 g/mol. The maximum atomic E-state index is 13.2. The highest BCUT2D eigenvalue weighted by atomic mass is 32.1. The second kappa shape index (κ2) is 11.4. The van der Waals surface area contributed by atoms with Crippen LogP contribution in [0.15, 0.2) is 53.9 Å². The number of hydrogen-bond donors (Lipinski definition) is 0. The highest BCUT2D eigenvalue weighted by Gasteiger charge is 2.27. The first kappa shape index (κ1) is 24.9. The first-order valence-electron chi connectivity index (χ1n) is 12.2. The number of carbonyl (C=O) groups is 2. The van der Waals surface area contributed by atoms with E-state index in [-0.39, 0.29) is 24.4 Å². The Balaban J connectivity index is 1.38. The molecule has 2 amide bonds. The van der Waals surface area contributed by atoms with E-state index in [2.05, 4.69) is 46.3 Å². The molecule has 7 nitrogen and oxygen atoms in total. The molecule has 184 valence electrons. The van der Waals surface area contributed by atoms with Crippen LogP contribution in [-0.2, 0) is 4.79 Å². The van der Waals surface area contributed by atoms with E-state index >= 15 is 0 Å². The third-order valence-corrected chi connectivity index (χ3v) is 7.45. The van der Waals surface area contributed by atoms with Gasteiger partial charge in [-0.25, -0.2) is 0 Å². The van der Waals surface area contributed by atoms with Gasteiger partial charge >= 0.3 is 0 Å². The Labute approximate surface area is 211 Å². The monoisotopic (exact) mass is 491 g/mol. The van der Waals surface area contributed by atoms with Crippen molar-refractivity contribution in [2.45, 2.75) is 39.7 Å². The lowest BCUT2D eigenvalue weighted by Crippen LogP contribution is -2.47. The normalized spacial score (nSPS) is 14.9. The van der Waals surface area contributed by atoms with Crippen LogP contribution in [0.4, 0.5) is 5.82 Å². The molecule has 0 aliphatic carbocycles. The van der Waals surface area contributed by atoms with Crippen LogP contribution in [0.25, 0.3) is 11.3 Å². The minimum atomic E-state index is -0.0666. The predicted octanol–water partition coefficient (Wildman–Crippen LogP) is 4.49. The van der Waals surface area contributed by atoms with Gasteiger partial charge in [-0.15, -0.1) is 21.5 Å². The van der Waals surface area contributed by atoms with Crippen molar-refractivity contribution in [2.24, 2.45) is 0 Å². The summed E-state index contributed by atoms with van der Waals surface area (Å²) in [5.74, 6) is 0.755. The molecule has 1 aliphatic rings. The van der Waals surface area contributed by atoms with Crippen LogP contribution in [0, 0.1) is 6.92 Å². The highest BCUT2D eigenvalue weighted by Crippen LogP contribution is 2.21. The van der Waals surface area contributed by atoms with Gasteiger partial charge in [0.2, 0.25) is 5.91 Å². The Morgan fingerprint density at radius 1 is 1.03 bits per heavy atom. The van der Waals surface area contributed by atoms with E-state index in [9.17, 15) is 9.59 Å². The summed E-state index contributed by atoms with van der Waals surface area (Å²) in [5, 5.41) is 10.8. The molecule has 0 bridgehead atoms. The summed E-state index contributed by atoms with van der Waals surface area (Å²) in [7, 11) is 0. The summed E-state index contributed by atoms with van der Waals surface area (Å²) >= 11 is 1.42. The molecule has 1 aliphatic heterocycles. The highest BCUT2D eigenvalue weighted by molar-refractivity contribution is 7.12. The standard InChI is InChI=1S/C27H33N5O2S/c1-4-21(3)32(27(34)24-7-5-18-35-24)19-26(33)31-15-6-14-30(16-17-31)25-13-12-23(28-29-25)22-10-8-20(2)9-11-22/h5,7-13,18,21H,4,6,14-17,19H2,1-3H3/t21-/m1/s1. The number of aromatic nitrogens is 2. The summed E-state index contributed by atoms with van der Waals surface area (Å²) in [6, 6.07) is 15.9. The van der Waals surface area contributed by atoms with Crippen molar-refractivity contribution in [1.82, 2.24) is 20.0 Å². The van der Waals surface area contributed by atoms with Crippen molar-refractivity contribution >= 4 is 29.0 Å². The van der Waals surface area contributed by atoms with E-state index in [0.717, 1.165) is 36.5 Å². The number of anilines is 1. The number of thiophene rings is 1. The molecule has 0 N–H and O–H groups in total. The van der Waals surface area contributed by atoms with E-state index in [1.165, 1.54) is 16.9 Å². The average Bonchev–Trinajstić information content (AvgIpc) is 3.31. The molecule has 8 heteroatoms. The fraction of sp³-hybridized carbons (Fsp3) is 0.407. The molecule has 3 heterocycles. The van der Waals surface area contributed by atoms with Crippen LogP contribution in [0.5, 0.6) is 0 Å². The topological polar surface area (TPSA) is 69.6 Å². The van der Waals surface area contributed by atoms with E-state index in [0.29, 0.717) is 24.5 Å². The quantitative estimate of drug-likeness (QED) is 0.487. The van der Waals surface area contributed by atoms with E-state index < -0.39 is 0 Å². The van der Waals surface area contributed by atoms with Crippen LogP contribution in [0.1, 0.15) is 41.9 Å². The maximum absolute atomic E-state index is 13.2. The minimum absolute atomic E-state index is 0.000607. The number of amides is 2. The fourth-order valence-electron chi connectivity index (χ4n) is 4.20. The summed E-state index contributed by atoms with van der Waals surface area (Å²) in [6.07, 6.45) is 1.64. The van der Waals surface area contributed by atoms with Gasteiger partial charge in [-0.05, 0) is 50.3 Å². The molecule has 0 unspecified atom stereocenters. The first-order valence-corrected chi connectivity index (χ1v) is 13.1. The molecule has 4 rings (SSSR count). The molecular formula is C27H33N5O2S. The lowest BCUT2D eigenvalue weighted by molar-refractivity contribution is -0.132. The molecule has 1 aromatic carbocycles. The molecule has 3 aromatic rings. The Morgan fingerprint density at radius 3 is 2.49 bits per heavy atom. The van der Waals surface area contributed by atoms with E-state index in [1.54, 1.807) is 4.90 Å². The predicted molar refractivity (Wildman–Crippen MR) is 141 cm³/mol. The molecule has 0 radical (unpaired) electrons. The first-order chi connectivity index (χ1) is 17.0. The molecule has 1 saturated heterocycles. The SMILES string of the molecule is CC[C@@H](C)N(CC(=O)N1CCCN(c2ccc(-c3ccc(C)cc3)nn2)CC1)C(=O)c1cccs1. The number of carbonyl (C=O) groups excluding carboxylic acids is 2. The van der Waals surface area contributed by atoms with Crippen LogP contribution >= 0.6 is 11.3 Å². The number of aryl methyl sites for hydroxylation is 1. The number of benzene rings is 1. The second-order valence-electron chi connectivity index (χ2n) is 9.03. The zero-order valence-corrected chi connectivity index (χ0v) is 21.5. The minimum Gasteiger partial charge on any atom is -0.353 e. The zero-order chi connectivity index (χ0) is 24.8. The maximum Gasteiger partial charge on any atom is 0.264 e. The Bertz CT molecular complexity index is 1120. The van der Waals surface area contributed by atoms with Crippen LogP contribution in [0.3, 0.4) is 0 Å². The van der Waals surface area contributed by atoms with Gasteiger partial charge in [-0.2, -0.15) is 0 Å².